The topological polar surface area (TPSA) is 103 Å². The molecular weight excluding hydrogens is 476 g/mol. The third-order valence-corrected chi connectivity index (χ3v) is 6.69. The van der Waals surface area contributed by atoms with Crippen LogP contribution in [0.25, 0.3) is 5.65 Å². The van der Waals surface area contributed by atoms with E-state index in [-0.39, 0.29) is 23.6 Å². The van der Waals surface area contributed by atoms with Crippen molar-refractivity contribution in [3.8, 4) is 5.75 Å². The number of carbonyl (C=O) groups is 1. The molecule has 176 valence electrons. The van der Waals surface area contributed by atoms with E-state index in [4.69, 9.17) is 16.3 Å². The number of aromatic nitrogens is 5. The van der Waals surface area contributed by atoms with Crippen molar-refractivity contribution in [2.24, 2.45) is 7.05 Å². The van der Waals surface area contributed by atoms with Crippen molar-refractivity contribution in [1.29, 1.82) is 0 Å². The molecule has 0 aliphatic rings. The van der Waals surface area contributed by atoms with E-state index in [0.29, 0.717) is 44.3 Å². The summed E-state index contributed by atoms with van der Waals surface area (Å²) in [5, 5.41) is 12.2. The zero-order chi connectivity index (χ0) is 24.4. The zero-order valence-electron chi connectivity index (χ0n) is 19.1. The molecule has 0 spiro atoms. The number of ether oxygens (including phenoxy) is 1. The fourth-order valence-corrected chi connectivity index (χ4v) is 4.49. The molecule has 0 aliphatic heterocycles. The summed E-state index contributed by atoms with van der Waals surface area (Å²) >= 11 is 7.36. The Kier molecular flexibility index (Phi) is 6.90. The number of rotatable bonds is 7. The van der Waals surface area contributed by atoms with Gasteiger partial charge in [0, 0.05) is 36.6 Å². The highest BCUT2D eigenvalue weighted by molar-refractivity contribution is 7.99. The smallest absolute Gasteiger partial charge is 0.261 e. The maximum Gasteiger partial charge on any atom is 0.261 e. The van der Waals surface area contributed by atoms with Crippen molar-refractivity contribution in [2.45, 2.75) is 25.4 Å². The van der Waals surface area contributed by atoms with E-state index < -0.39 is 0 Å². The van der Waals surface area contributed by atoms with E-state index in [0.717, 1.165) is 5.56 Å². The highest BCUT2D eigenvalue weighted by Crippen LogP contribution is 2.27. The summed E-state index contributed by atoms with van der Waals surface area (Å²) in [6, 6.07) is 8.78. The lowest BCUT2D eigenvalue weighted by molar-refractivity contribution is -0.113. The van der Waals surface area contributed by atoms with Gasteiger partial charge in [-0.2, -0.15) is 0 Å². The molecule has 0 atom stereocenters. The molecule has 11 heteroatoms. The predicted molar refractivity (Wildman–Crippen MR) is 132 cm³/mol. The van der Waals surface area contributed by atoms with Crippen LogP contribution in [0.2, 0.25) is 5.02 Å². The van der Waals surface area contributed by atoms with Gasteiger partial charge < -0.3 is 14.6 Å². The van der Waals surface area contributed by atoms with Crippen LogP contribution in [0, 0.1) is 13.8 Å². The normalized spacial score (nSPS) is 11.1. The molecule has 0 radical (unpaired) electrons. The Labute approximate surface area is 205 Å². The monoisotopic (exact) mass is 498 g/mol. The van der Waals surface area contributed by atoms with Crippen LogP contribution >= 0.6 is 23.4 Å². The number of benzene rings is 1. The van der Waals surface area contributed by atoms with E-state index in [1.807, 2.05) is 33.0 Å². The fraction of sp³-hybridized carbons (Fsp3) is 0.261. The van der Waals surface area contributed by atoms with Gasteiger partial charge in [-0.05, 0) is 43.7 Å². The van der Waals surface area contributed by atoms with Gasteiger partial charge in [0.1, 0.15) is 17.2 Å². The number of hydrogen-bond acceptors (Lipinski definition) is 7. The summed E-state index contributed by atoms with van der Waals surface area (Å²) in [4.78, 5) is 30.1. The number of amides is 1. The second-order valence-electron chi connectivity index (χ2n) is 7.69. The Balaban J connectivity index is 1.46. The number of thioether (sulfide) groups is 1. The van der Waals surface area contributed by atoms with Gasteiger partial charge in [0.2, 0.25) is 5.91 Å². The van der Waals surface area contributed by atoms with Gasteiger partial charge in [-0.15, -0.1) is 10.2 Å². The third-order valence-electron chi connectivity index (χ3n) is 5.38. The summed E-state index contributed by atoms with van der Waals surface area (Å²) in [6.45, 7) is 3.75. The van der Waals surface area contributed by atoms with Gasteiger partial charge in [0.25, 0.3) is 5.56 Å². The van der Waals surface area contributed by atoms with Crippen molar-refractivity contribution < 1.29 is 9.53 Å². The molecule has 1 amide bonds. The lowest BCUT2D eigenvalue weighted by Crippen LogP contribution is -2.23. The average Bonchev–Trinajstić information content (AvgIpc) is 3.15. The van der Waals surface area contributed by atoms with E-state index in [9.17, 15) is 9.59 Å². The van der Waals surface area contributed by atoms with Crippen LogP contribution < -0.4 is 15.6 Å². The van der Waals surface area contributed by atoms with Crippen LogP contribution in [0.4, 0.5) is 5.69 Å². The number of fused-ring (bicyclic) bond motifs is 1. The molecule has 4 rings (SSSR count). The first kappa shape index (κ1) is 23.8. The molecule has 0 saturated heterocycles. The maximum absolute atomic E-state index is 13.1. The number of pyridine rings is 1. The largest absolute Gasteiger partial charge is 0.495 e. The molecule has 4 aromatic rings. The lowest BCUT2D eigenvalue weighted by Gasteiger charge is -2.10. The Morgan fingerprint density at radius 2 is 2.03 bits per heavy atom. The number of nitrogens with one attached hydrogen (secondary N) is 1. The summed E-state index contributed by atoms with van der Waals surface area (Å²) in [5.74, 6) is 1.07. The first-order valence-electron chi connectivity index (χ1n) is 10.4. The number of hydrogen-bond donors (Lipinski definition) is 1. The Morgan fingerprint density at radius 3 is 2.76 bits per heavy atom. The van der Waals surface area contributed by atoms with E-state index in [1.165, 1.54) is 18.9 Å². The molecule has 1 N–H and O–H groups in total. The fourth-order valence-electron chi connectivity index (χ4n) is 3.50. The Morgan fingerprint density at radius 1 is 1.24 bits per heavy atom. The number of nitrogens with zero attached hydrogens (tertiary/aromatic N) is 5. The summed E-state index contributed by atoms with van der Waals surface area (Å²) in [6.07, 6.45) is 2.00. The van der Waals surface area contributed by atoms with Crippen LogP contribution in [0.1, 0.15) is 22.6 Å². The number of aryl methyl sites for hydroxylation is 2. The summed E-state index contributed by atoms with van der Waals surface area (Å²) in [7, 11) is 3.34. The number of anilines is 1. The molecule has 0 bridgehead atoms. The van der Waals surface area contributed by atoms with E-state index in [1.54, 1.807) is 33.4 Å². The molecular formula is C23H23ClN6O3S. The van der Waals surface area contributed by atoms with Gasteiger partial charge in [-0.1, -0.05) is 29.4 Å². The van der Waals surface area contributed by atoms with Crippen molar-refractivity contribution in [3.63, 3.8) is 0 Å². The first-order chi connectivity index (χ1) is 16.3. The molecule has 0 fully saturated rings. The van der Waals surface area contributed by atoms with Gasteiger partial charge in [0.15, 0.2) is 5.16 Å². The first-order valence-corrected chi connectivity index (χ1v) is 11.8. The van der Waals surface area contributed by atoms with Crippen molar-refractivity contribution in [2.75, 3.05) is 18.2 Å². The van der Waals surface area contributed by atoms with Crippen molar-refractivity contribution >= 4 is 40.6 Å². The molecule has 0 unspecified atom stereocenters. The van der Waals surface area contributed by atoms with Gasteiger partial charge in [-0.25, -0.2) is 4.98 Å². The van der Waals surface area contributed by atoms with Gasteiger partial charge >= 0.3 is 0 Å². The van der Waals surface area contributed by atoms with Crippen molar-refractivity contribution in [1.82, 2.24) is 24.1 Å². The lowest BCUT2D eigenvalue weighted by atomic mass is 10.1. The highest BCUT2D eigenvalue weighted by atomic mass is 35.5. The molecule has 3 heterocycles. The van der Waals surface area contributed by atoms with Gasteiger partial charge in [0.05, 0.1) is 17.9 Å². The quantitative estimate of drug-likeness (QED) is 0.389. The average molecular weight is 499 g/mol. The maximum atomic E-state index is 13.1. The number of carbonyl (C=O) groups excluding carboxylic acids is 1. The van der Waals surface area contributed by atoms with Crippen LogP contribution in [-0.2, 0) is 18.3 Å². The molecule has 1 aromatic carbocycles. The Hall–Kier alpha value is -3.37. The third kappa shape index (κ3) is 4.78. The van der Waals surface area contributed by atoms with Crippen LogP contribution in [-0.4, -0.2) is 42.9 Å². The van der Waals surface area contributed by atoms with Crippen LogP contribution in [0.15, 0.2) is 46.5 Å². The van der Waals surface area contributed by atoms with E-state index >= 15 is 0 Å². The zero-order valence-corrected chi connectivity index (χ0v) is 20.7. The predicted octanol–water partition coefficient (Wildman–Crippen LogP) is 3.42. The number of methoxy groups -OCH3 is 1. The van der Waals surface area contributed by atoms with Crippen LogP contribution in [0.3, 0.4) is 0 Å². The molecule has 34 heavy (non-hydrogen) atoms. The molecule has 0 aliphatic carbocycles. The second-order valence-corrected chi connectivity index (χ2v) is 9.04. The summed E-state index contributed by atoms with van der Waals surface area (Å²) < 4.78 is 8.46. The summed E-state index contributed by atoms with van der Waals surface area (Å²) in [5.41, 5.74) is 3.25. The minimum Gasteiger partial charge on any atom is -0.495 e. The molecule has 0 saturated carbocycles. The minimum atomic E-state index is -0.209. The molecule has 9 nitrogen and oxygen atoms in total. The SMILES string of the molecule is COc1ccc(NC(=O)CSc2nnc(Cc3c(C)nc4c(C)cccn4c3=O)n2C)cc1Cl. The molecule has 3 aromatic heterocycles. The second kappa shape index (κ2) is 9.86. The number of halogens is 1. The highest BCUT2D eigenvalue weighted by Gasteiger charge is 2.17. The van der Waals surface area contributed by atoms with Crippen molar-refractivity contribution in [3.05, 3.63) is 74.6 Å². The minimum absolute atomic E-state index is 0.124. The standard InChI is InChI=1S/C23H23ClN6O3S/c1-13-6-5-9-30-21(13)25-14(2)16(22(30)32)11-19-27-28-23(29(19)3)34-12-20(31)26-15-7-8-18(33-4)17(24)10-15/h5-10H,11-12H2,1-4H3,(H,26,31). The van der Waals surface area contributed by atoms with Crippen LogP contribution in [0.5, 0.6) is 5.75 Å². The van der Waals surface area contributed by atoms with Gasteiger partial charge in [-0.3, -0.25) is 14.0 Å². The Bertz CT molecular complexity index is 1450. The van der Waals surface area contributed by atoms with E-state index in [2.05, 4.69) is 20.5 Å².